The van der Waals surface area contributed by atoms with Gasteiger partial charge in [0.1, 0.15) is 0 Å². The van der Waals surface area contributed by atoms with Gasteiger partial charge in [-0.15, -0.1) is 0 Å². The van der Waals surface area contributed by atoms with Crippen molar-refractivity contribution in [3.63, 3.8) is 0 Å². The molecular formula is C22H30N2OS. The van der Waals surface area contributed by atoms with Gasteiger partial charge in [0, 0.05) is 17.0 Å². The van der Waals surface area contributed by atoms with Crippen molar-refractivity contribution in [1.29, 1.82) is 0 Å². The number of rotatable bonds is 8. The topological polar surface area (TPSA) is 42.0 Å². The second-order valence-corrected chi connectivity index (χ2v) is 8.41. The van der Waals surface area contributed by atoms with Crippen molar-refractivity contribution in [2.24, 2.45) is 0 Å². The van der Waals surface area contributed by atoms with Crippen LogP contribution < -0.4 is 5.32 Å². The molecule has 2 rings (SSSR count). The lowest BCUT2D eigenvalue weighted by atomic mass is 9.94. The summed E-state index contributed by atoms with van der Waals surface area (Å²) < 4.78 is 0. The molecule has 0 fully saturated rings. The molecule has 1 amide bonds. The molecule has 3 nitrogen and oxygen atoms in total. The zero-order valence-electron chi connectivity index (χ0n) is 16.5. The fourth-order valence-corrected chi connectivity index (χ4v) is 4.23. The van der Waals surface area contributed by atoms with Gasteiger partial charge < -0.3 is 5.32 Å². The van der Waals surface area contributed by atoms with Gasteiger partial charge in [0.2, 0.25) is 0 Å². The van der Waals surface area contributed by atoms with Gasteiger partial charge in [-0.2, -0.15) is 11.8 Å². The molecule has 0 aliphatic heterocycles. The number of hydrogen-bond acceptors (Lipinski definition) is 3. The number of aryl methyl sites for hydroxylation is 1. The monoisotopic (exact) mass is 370 g/mol. The van der Waals surface area contributed by atoms with E-state index in [1.165, 1.54) is 0 Å². The minimum absolute atomic E-state index is 0.0238. The molecule has 0 saturated heterocycles. The van der Waals surface area contributed by atoms with Crippen LogP contribution in [0.3, 0.4) is 0 Å². The van der Waals surface area contributed by atoms with Crippen LogP contribution >= 0.6 is 11.8 Å². The van der Waals surface area contributed by atoms with Crippen molar-refractivity contribution in [3.05, 3.63) is 65.0 Å². The highest BCUT2D eigenvalue weighted by Gasteiger charge is 2.27. The predicted molar refractivity (Wildman–Crippen MR) is 112 cm³/mol. The Morgan fingerprint density at radius 2 is 1.96 bits per heavy atom. The minimum Gasteiger partial charge on any atom is -0.342 e. The summed E-state index contributed by atoms with van der Waals surface area (Å²) in [4.78, 5) is 17.6. The van der Waals surface area contributed by atoms with E-state index < -0.39 is 5.54 Å². The normalized spacial score (nSPS) is 12.7. The molecule has 1 aromatic carbocycles. The highest BCUT2D eigenvalue weighted by molar-refractivity contribution is 7.99. The van der Waals surface area contributed by atoms with Crippen LogP contribution in [0.4, 0.5) is 0 Å². The standard InChI is InChI=1S/C22H30N2OS/c1-6-15-26-18(7-2)17-12-10-11-16(3)20(17)21(25)24-22(4,5)19-13-8-9-14-23-19/h8-14,18H,6-7,15H2,1-5H3,(H,24,25). The summed E-state index contributed by atoms with van der Waals surface area (Å²) >= 11 is 1.94. The second-order valence-electron chi connectivity index (χ2n) is 7.10. The summed E-state index contributed by atoms with van der Waals surface area (Å²) in [6, 6.07) is 12.0. The molecule has 2 aromatic rings. The van der Waals surface area contributed by atoms with Gasteiger partial charge in [-0.25, -0.2) is 0 Å². The molecule has 4 heteroatoms. The number of benzene rings is 1. The molecule has 0 radical (unpaired) electrons. The number of nitrogens with one attached hydrogen (secondary N) is 1. The molecular weight excluding hydrogens is 340 g/mol. The Hall–Kier alpha value is -1.81. The third-order valence-electron chi connectivity index (χ3n) is 4.50. The van der Waals surface area contributed by atoms with E-state index in [1.54, 1.807) is 6.20 Å². The van der Waals surface area contributed by atoms with Crippen molar-refractivity contribution in [2.75, 3.05) is 5.75 Å². The third kappa shape index (κ3) is 4.88. The lowest BCUT2D eigenvalue weighted by molar-refractivity contribution is 0.0908. The highest BCUT2D eigenvalue weighted by atomic mass is 32.2. The first-order valence-corrected chi connectivity index (χ1v) is 10.4. The van der Waals surface area contributed by atoms with Gasteiger partial charge in [0.05, 0.1) is 11.2 Å². The summed E-state index contributed by atoms with van der Waals surface area (Å²) in [5, 5.41) is 3.54. The Morgan fingerprint density at radius 3 is 2.58 bits per heavy atom. The minimum atomic E-state index is -0.532. The van der Waals surface area contributed by atoms with Gasteiger partial charge in [0.25, 0.3) is 5.91 Å². The lowest BCUT2D eigenvalue weighted by Crippen LogP contribution is -2.42. The molecule has 140 valence electrons. The Kier molecular flexibility index (Phi) is 7.27. The number of carbonyl (C=O) groups is 1. The SMILES string of the molecule is CCCSC(CC)c1cccc(C)c1C(=O)NC(C)(C)c1ccccn1. The maximum absolute atomic E-state index is 13.2. The number of carbonyl (C=O) groups excluding carboxylic acids is 1. The molecule has 1 heterocycles. The van der Waals surface area contributed by atoms with E-state index >= 15 is 0 Å². The van der Waals surface area contributed by atoms with Gasteiger partial charge in [0.15, 0.2) is 0 Å². The van der Waals surface area contributed by atoms with Gasteiger partial charge in [-0.1, -0.05) is 38.1 Å². The number of nitrogens with zero attached hydrogens (tertiary/aromatic N) is 1. The van der Waals surface area contributed by atoms with Crippen molar-refractivity contribution in [3.8, 4) is 0 Å². The molecule has 0 aliphatic carbocycles. The van der Waals surface area contributed by atoms with Crippen LogP contribution in [-0.2, 0) is 5.54 Å². The molecule has 1 atom stereocenters. The van der Waals surface area contributed by atoms with E-state index in [0.29, 0.717) is 5.25 Å². The van der Waals surface area contributed by atoms with E-state index in [4.69, 9.17) is 0 Å². The smallest absolute Gasteiger partial charge is 0.252 e. The molecule has 0 spiro atoms. The summed E-state index contributed by atoms with van der Waals surface area (Å²) in [5.41, 5.74) is 3.30. The molecule has 1 aromatic heterocycles. The van der Waals surface area contributed by atoms with E-state index in [9.17, 15) is 4.79 Å². The average molecular weight is 371 g/mol. The first-order valence-electron chi connectivity index (χ1n) is 9.35. The molecule has 0 bridgehead atoms. The molecule has 1 N–H and O–H groups in total. The number of aromatic nitrogens is 1. The average Bonchev–Trinajstić information content (AvgIpc) is 2.62. The molecule has 26 heavy (non-hydrogen) atoms. The van der Waals surface area contributed by atoms with Crippen LogP contribution in [0.1, 0.15) is 73.0 Å². The van der Waals surface area contributed by atoms with Crippen LogP contribution in [0.15, 0.2) is 42.6 Å². The fraction of sp³-hybridized carbons (Fsp3) is 0.455. The second kappa shape index (κ2) is 9.22. The van der Waals surface area contributed by atoms with Crippen LogP contribution in [0.2, 0.25) is 0 Å². The maximum Gasteiger partial charge on any atom is 0.252 e. The van der Waals surface area contributed by atoms with Gasteiger partial charge in [-0.3, -0.25) is 9.78 Å². The Morgan fingerprint density at radius 1 is 1.19 bits per heavy atom. The number of pyridine rings is 1. The molecule has 0 saturated carbocycles. The fourth-order valence-electron chi connectivity index (χ4n) is 3.10. The van der Waals surface area contributed by atoms with Crippen LogP contribution in [0.5, 0.6) is 0 Å². The first-order chi connectivity index (χ1) is 12.4. The van der Waals surface area contributed by atoms with Gasteiger partial charge in [-0.05, 0) is 62.6 Å². The van der Waals surface area contributed by atoms with Crippen LogP contribution in [0.25, 0.3) is 0 Å². The quantitative estimate of drug-likeness (QED) is 0.653. The Labute approximate surface area is 162 Å². The summed E-state index contributed by atoms with van der Waals surface area (Å²) in [6.45, 7) is 10.4. The van der Waals surface area contributed by atoms with Crippen LogP contribution in [0, 0.1) is 6.92 Å². The highest BCUT2D eigenvalue weighted by Crippen LogP contribution is 2.35. The van der Waals surface area contributed by atoms with Crippen LogP contribution in [-0.4, -0.2) is 16.6 Å². The largest absolute Gasteiger partial charge is 0.342 e. The van der Waals surface area contributed by atoms with Gasteiger partial charge >= 0.3 is 0 Å². The lowest BCUT2D eigenvalue weighted by Gasteiger charge is -2.27. The van der Waals surface area contributed by atoms with Crippen molar-refractivity contribution < 1.29 is 4.79 Å². The summed E-state index contributed by atoms with van der Waals surface area (Å²) in [7, 11) is 0. The first kappa shape index (κ1) is 20.5. The zero-order valence-corrected chi connectivity index (χ0v) is 17.3. The van der Waals surface area contributed by atoms with E-state index in [1.807, 2.05) is 56.8 Å². The van der Waals surface area contributed by atoms with Crippen molar-refractivity contribution in [1.82, 2.24) is 10.3 Å². The van der Waals surface area contributed by atoms with E-state index in [0.717, 1.165) is 41.0 Å². The summed E-state index contributed by atoms with van der Waals surface area (Å²) in [6.07, 6.45) is 3.91. The summed E-state index contributed by atoms with van der Waals surface area (Å²) in [5.74, 6) is 1.08. The van der Waals surface area contributed by atoms with E-state index in [-0.39, 0.29) is 5.91 Å². The number of hydrogen-bond donors (Lipinski definition) is 1. The zero-order chi connectivity index (χ0) is 19.2. The maximum atomic E-state index is 13.2. The number of amides is 1. The number of thioether (sulfide) groups is 1. The van der Waals surface area contributed by atoms with Crippen molar-refractivity contribution >= 4 is 17.7 Å². The van der Waals surface area contributed by atoms with Crippen molar-refractivity contribution in [2.45, 2.75) is 58.2 Å². The molecule has 1 unspecified atom stereocenters. The Bertz CT molecular complexity index is 728. The third-order valence-corrected chi connectivity index (χ3v) is 6.14. The Balaban J connectivity index is 2.33. The van der Waals surface area contributed by atoms with E-state index in [2.05, 4.69) is 36.3 Å². The predicted octanol–water partition coefficient (Wildman–Crippen LogP) is 5.65. The molecule has 0 aliphatic rings.